The van der Waals surface area contributed by atoms with Gasteiger partial charge in [0.25, 0.3) is 0 Å². The van der Waals surface area contributed by atoms with Gasteiger partial charge in [0.15, 0.2) is 0 Å². The molecule has 0 fully saturated rings. The number of amides is 1. The third-order valence-corrected chi connectivity index (χ3v) is 5.54. The maximum absolute atomic E-state index is 12.2. The van der Waals surface area contributed by atoms with Crippen LogP contribution in [0.4, 0.5) is 9.80 Å². The van der Waals surface area contributed by atoms with Gasteiger partial charge in [-0.05, 0) is 43.1 Å². The Bertz CT molecular complexity index is 600. The molecule has 23 heavy (non-hydrogen) atoms. The molecule has 0 aliphatic heterocycles. The van der Waals surface area contributed by atoms with Crippen molar-refractivity contribution in [2.45, 2.75) is 47.0 Å². The molecule has 1 amide bonds. The average Bonchev–Trinajstić information content (AvgIpc) is 2.82. The lowest BCUT2D eigenvalue weighted by Gasteiger charge is -2.33. The Kier molecular flexibility index (Phi) is 5.34. The number of hydrogen-bond acceptors (Lipinski definition) is 5. The van der Waals surface area contributed by atoms with E-state index in [4.69, 9.17) is 9.47 Å². The lowest BCUT2D eigenvalue weighted by Crippen LogP contribution is -2.26. The van der Waals surface area contributed by atoms with Gasteiger partial charge in [-0.3, -0.25) is 5.32 Å². The third-order valence-electron chi connectivity index (χ3n) is 4.37. The van der Waals surface area contributed by atoms with Crippen molar-refractivity contribution in [3.8, 4) is 0 Å². The Labute approximate surface area is 141 Å². The Morgan fingerprint density at radius 3 is 2.61 bits per heavy atom. The second kappa shape index (κ2) is 6.91. The summed E-state index contributed by atoms with van der Waals surface area (Å²) in [6.45, 7) is 8.77. The van der Waals surface area contributed by atoms with Gasteiger partial charge in [0.2, 0.25) is 0 Å². The summed E-state index contributed by atoms with van der Waals surface area (Å²) in [5.41, 5.74) is 1.74. The molecule has 1 aromatic rings. The molecule has 0 saturated carbocycles. The van der Waals surface area contributed by atoms with Crippen molar-refractivity contribution in [1.82, 2.24) is 0 Å². The zero-order valence-corrected chi connectivity index (χ0v) is 15.3. The molecule has 0 saturated heterocycles. The highest BCUT2D eigenvalue weighted by atomic mass is 32.1. The first-order valence-corrected chi connectivity index (χ1v) is 8.76. The molecule has 0 spiro atoms. The number of anilines is 1. The quantitative estimate of drug-likeness (QED) is 0.836. The number of ether oxygens (including phenoxy) is 2. The second-order valence-corrected chi connectivity index (χ2v) is 7.96. The van der Waals surface area contributed by atoms with E-state index in [1.54, 1.807) is 6.92 Å². The van der Waals surface area contributed by atoms with Gasteiger partial charge < -0.3 is 9.47 Å². The number of nitrogens with one attached hydrogen (secondary N) is 1. The van der Waals surface area contributed by atoms with E-state index in [1.807, 2.05) is 0 Å². The van der Waals surface area contributed by atoms with Crippen LogP contribution in [0.3, 0.4) is 0 Å². The second-order valence-electron chi connectivity index (χ2n) is 6.85. The van der Waals surface area contributed by atoms with Crippen molar-refractivity contribution in [3.63, 3.8) is 0 Å². The minimum Gasteiger partial charge on any atom is -0.465 e. The fraction of sp³-hybridized carbons (Fsp3) is 0.647. The van der Waals surface area contributed by atoms with E-state index in [0.29, 0.717) is 16.5 Å². The van der Waals surface area contributed by atoms with Gasteiger partial charge in [-0.2, -0.15) is 0 Å². The SMILES string of the molecule is CCOC(=O)Nc1sc2c(c1C(=O)OC)CC[C@H](C(C)(C)C)C2. The number of esters is 1. The van der Waals surface area contributed by atoms with E-state index >= 15 is 0 Å². The Morgan fingerprint density at radius 2 is 2.04 bits per heavy atom. The summed E-state index contributed by atoms with van der Waals surface area (Å²) in [7, 11) is 1.36. The fourth-order valence-corrected chi connectivity index (χ4v) is 4.29. The first-order valence-electron chi connectivity index (χ1n) is 7.94. The smallest absolute Gasteiger partial charge is 0.412 e. The number of carbonyl (C=O) groups excluding carboxylic acids is 2. The maximum Gasteiger partial charge on any atom is 0.412 e. The van der Waals surface area contributed by atoms with E-state index < -0.39 is 12.1 Å². The van der Waals surface area contributed by atoms with Gasteiger partial charge in [0.05, 0.1) is 19.3 Å². The first-order chi connectivity index (χ1) is 10.8. The van der Waals surface area contributed by atoms with Crippen LogP contribution in [-0.2, 0) is 22.3 Å². The number of rotatable bonds is 3. The molecule has 1 N–H and O–H groups in total. The monoisotopic (exact) mass is 339 g/mol. The molecule has 1 aliphatic rings. The average molecular weight is 339 g/mol. The molecule has 2 rings (SSSR count). The van der Waals surface area contributed by atoms with Gasteiger partial charge in [-0.1, -0.05) is 20.8 Å². The highest BCUT2D eigenvalue weighted by Gasteiger charge is 2.34. The van der Waals surface area contributed by atoms with Crippen LogP contribution in [0.2, 0.25) is 0 Å². The number of carbonyl (C=O) groups is 2. The van der Waals surface area contributed by atoms with Crippen LogP contribution in [0.25, 0.3) is 0 Å². The molecular formula is C17H25NO4S. The molecule has 128 valence electrons. The first kappa shape index (κ1) is 17.8. The Morgan fingerprint density at radius 1 is 1.35 bits per heavy atom. The van der Waals surface area contributed by atoms with Crippen LogP contribution in [0.5, 0.6) is 0 Å². The van der Waals surface area contributed by atoms with Crippen LogP contribution in [0.15, 0.2) is 0 Å². The predicted octanol–water partition coefficient (Wildman–Crippen LogP) is 4.25. The summed E-state index contributed by atoms with van der Waals surface area (Å²) in [6.07, 6.45) is 2.26. The third kappa shape index (κ3) is 3.86. The van der Waals surface area contributed by atoms with Gasteiger partial charge in [-0.15, -0.1) is 11.3 Å². The molecule has 1 aromatic heterocycles. The standard InChI is InChI=1S/C17H25NO4S/c1-6-22-16(20)18-14-13(15(19)21-5)11-8-7-10(17(2,3)4)9-12(11)23-14/h10H,6-9H2,1-5H3,(H,18,20)/t10-/m0/s1. The van der Waals surface area contributed by atoms with Gasteiger partial charge in [-0.25, -0.2) is 9.59 Å². The van der Waals surface area contributed by atoms with Crippen molar-refractivity contribution in [3.05, 3.63) is 16.0 Å². The van der Waals surface area contributed by atoms with Crippen molar-refractivity contribution in [2.75, 3.05) is 19.0 Å². The van der Waals surface area contributed by atoms with E-state index in [9.17, 15) is 9.59 Å². The Balaban J connectivity index is 2.35. The van der Waals surface area contributed by atoms with Gasteiger partial charge in [0, 0.05) is 4.88 Å². The van der Waals surface area contributed by atoms with Crippen molar-refractivity contribution >= 4 is 28.4 Å². The zero-order chi connectivity index (χ0) is 17.2. The van der Waals surface area contributed by atoms with Crippen LogP contribution < -0.4 is 5.32 Å². The van der Waals surface area contributed by atoms with E-state index in [0.717, 1.165) is 24.8 Å². The molecule has 1 aliphatic carbocycles. The molecule has 5 nitrogen and oxygen atoms in total. The lowest BCUT2D eigenvalue weighted by atomic mass is 9.72. The van der Waals surface area contributed by atoms with Crippen LogP contribution in [0, 0.1) is 11.3 Å². The largest absolute Gasteiger partial charge is 0.465 e. The van der Waals surface area contributed by atoms with Crippen LogP contribution in [-0.4, -0.2) is 25.8 Å². The van der Waals surface area contributed by atoms with E-state index in [1.165, 1.54) is 23.3 Å². The van der Waals surface area contributed by atoms with Gasteiger partial charge >= 0.3 is 12.1 Å². The van der Waals surface area contributed by atoms with E-state index in [2.05, 4.69) is 26.1 Å². The number of fused-ring (bicyclic) bond motifs is 1. The summed E-state index contributed by atoms with van der Waals surface area (Å²) in [6, 6.07) is 0. The molecule has 0 aromatic carbocycles. The summed E-state index contributed by atoms with van der Waals surface area (Å²) in [5.74, 6) is 0.165. The van der Waals surface area contributed by atoms with Crippen molar-refractivity contribution in [1.29, 1.82) is 0 Å². The minimum absolute atomic E-state index is 0.224. The van der Waals surface area contributed by atoms with Crippen LogP contribution in [0.1, 0.15) is 54.9 Å². The maximum atomic E-state index is 12.2. The molecule has 0 bridgehead atoms. The number of hydrogen-bond donors (Lipinski definition) is 1. The highest BCUT2D eigenvalue weighted by Crippen LogP contribution is 2.44. The molecular weight excluding hydrogens is 314 g/mol. The summed E-state index contributed by atoms with van der Waals surface area (Å²) in [5, 5.41) is 3.23. The molecule has 6 heteroatoms. The topological polar surface area (TPSA) is 64.6 Å². The number of thiophene rings is 1. The zero-order valence-electron chi connectivity index (χ0n) is 14.4. The van der Waals surface area contributed by atoms with Gasteiger partial charge in [0.1, 0.15) is 5.00 Å². The predicted molar refractivity (Wildman–Crippen MR) is 91.3 cm³/mol. The molecule has 0 unspecified atom stereocenters. The summed E-state index contributed by atoms with van der Waals surface area (Å²) in [4.78, 5) is 25.1. The number of methoxy groups -OCH3 is 1. The Hall–Kier alpha value is -1.56. The molecule has 1 atom stereocenters. The summed E-state index contributed by atoms with van der Waals surface area (Å²) >= 11 is 1.47. The van der Waals surface area contributed by atoms with E-state index in [-0.39, 0.29) is 12.0 Å². The lowest BCUT2D eigenvalue weighted by molar-refractivity contribution is 0.0600. The van der Waals surface area contributed by atoms with Crippen molar-refractivity contribution in [2.24, 2.45) is 11.3 Å². The summed E-state index contributed by atoms with van der Waals surface area (Å²) < 4.78 is 9.84. The fourth-order valence-electron chi connectivity index (χ4n) is 2.99. The minimum atomic E-state index is -0.538. The molecule has 0 radical (unpaired) electrons. The van der Waals surface area contributed by atoms with Crippen LogP contribution >= 0.6 is 11.3 Å². The highest BCUT2D eigenvalue weighted by molar-refractivity contribution is 7.17. The van der Waals surface area contributed by atoms with Crippen molar-refractivity contribution < 1.29 is 19.1 Å². The normalized spacial score (nSPS) is 17.3. The molecule has 1 heterocycles.